The fourth-order valence-corrected chi connectivity index (χ4v) is 2.73. The van der Waals surface area contributed by atoms with Gasteiger partial charge < -0.3 is 14.9 Å². The maximum absolute atomic E-state index is 12.1. The molecule has 0 saturated carbocycles. The third-order valence-corrected chi connectivity index (χ3v) is 4.05. The Hall–Kier alpha value is -2.28. The second-order valence-electron chi connectivity index (χ2n) is 5.02. The van der Waals surface area contributed by atoms with Gasteiger partial charge >= 0.3 is 0 Å². The van der Waals surface area contributed by atoms with E-state index >= 15 is 0 Å². The summed E-state index contributed by atoms with van der Waals surface area (Å²) in [4.78, 5) is 16.1. The highest BCUT2D eigenvalue weighted by Crippen LogP contribution is 2.35. The minimum atomic E-state index is -0.508. The molecule has 2 aromatic carbocycles. The van der Waals surface area contributed by atoms with Crippen molar-refractivity contribution in [1.82, 2.24) is 15.5 Å². The summed E-state index contributed by atoms with van der Waals surface area (Å²) in [5.41, 5.74) is 1.22. The molecule has 3 rings (SSSR count). The van der Waals surface area contributed by atoms with Crippen LogP contribution in [0.5, 0.6) is 5.75 Å². The summed E-state index contributed by atoms with van der Waals surface area (Å²) in [7, 11) is 0. The number of amides is 1. The summed E-state index contributed by atoms with van der Waals surface area (Å²) in [5.74, 6) is -0.842. The molecule has 0 aliphatic carbocycles. The van der Waals surface area contributed by atoms with E-state index in [1.807, 2.05) is 6.07 Å². The fraction of sp³-hybridized carbons (Fsp3) is 0.0625. The second-order valence-corrected chi connectivity index (χ2v) is 6.28. The molecule has 0 unspecified atom stereocenters. The molecule has 1 amide bonds. The fourth-order valence-electron chi connectivity index (χ4n) is 2.03. The first-order chi connectivity index (χ1) is 11.9. The number of rotatable bonds is 4. The third-order valence-electron chi connectivity index (χ3n) is 3.24. The molecule has 1 heterocycles. The number of aromatic nitrogens is 2. The molecular weight excluding hydrogens is 389 g/mol. The van der Waals surface area contributed by atoms with Gasteiger partial charge in [0.25, 0.3) is 17.6 Å². The van der Waals surface area contributed by atoms with Gasteiger partial charge in [0, 0.05) is 17.1 Å². The molecule has 0 fully saturated rings. The van der Waals surface area contributed by atoms with Crippen LogP contribution in [0.25, 0.3) is 11.5 Å². The Bertz CT molecular complexity index is 920. The first kappa shape index (κ1) is 17.5. The van der Waals surface area contributed by atoms with Crippen molar-refractivity contribution in [3.8, 4) is 17.2 Å². The number of hydrogen-bond donors (Lipinski definition) is 2. The van der Waals surface area contributed by atoms with Crippen molar-refractivity contribution >= 4 is 40.7 Å². The Labute approximate surface area is 157 Å². The minimum absolute atomic E-state index is 0.0349. The summed E-state index contributed by atoms with van der Waals surface area (Å²) in [6, 6.07) is 9.91. The average Bonchev–Trinajstić information content (AvgIpc) is 3.07. The summed E-state index contributed by atoms with van der Waals surface area (Å²) in [6.07, 6.45) is 0. The van der Waals surface area contributed by atoms with Gasteiger partial charge in [-0.25, -0.2) is 0 Å². The number of hydrogen-bond acceptors (Lipinski definition) is 5. The van der Waals surface area contributed by atoms with Crippen LogP contribution < -0.4 is 5.32 Å². The van der Waals surface area contributed by atoms with Crippen molar-refractivity contribution in [2.75, 3.05) is 0 Å². The van der Waals surface area contributed by atoms with Crippen LogP contribution in [0.15, 0.2) is 40.9 Å². The Balaban J connectivity index is 1.73. The van der Waals surface area contributed by atoms with Crippen LogP contribution in [0.4, 0.5) is 0 Å². The van der Waals surface area contributed by atoms with Crippen molar-refractivity contribution < 1.29 is 14.4 Å². The van der Waals surface area contributed by atoms with E-state index in [1.165, 1.54) is 12.1 Å². The van der Waals surface area contributed by atoms with Crippen LogP contribution in [-0.4, -0.2) is 21.2 Å². The average molecular weight is 399 g/mol. The van der Waals surface area contributed by atoms with Crippen molar-refractivity contribution in [3.63, 3.8) is 0 Å². The Morgan fingerprint density at radius 3 is 2.56 bits per heavy atom. The summed E-state index contributed by atoms with van der Waals surface area (Å²) >= 11 is 17.6. The molecule has 0 spiro atoms. The molecule has 0 bridgehead atoms. The Kier molecular flexibility index (Phi) is 5.13. The van der Waals surface area contributed by atoms with Gasteiger partial charge in [0.15, 0.2) is 5.75 Å². The monoisotopic (exact) mass is 397 g/mol. The van der Waals surface area contributed by atoms with E-state index < -0.39 is 5.91 Å². The van der Waals surface area contributed by atoms with Crippen LogP contribution in [0.3, 0.4) is 0 Å². The molecule has 128 valence electrons. The highest BCUT2D eigenvalue weighted by molar-refractivity contribution is 6.37. The molecule has 0 aliphatic heterocycles. The molecule has 9 heteroatoms. The minimum Gasteiger partial charge on any atom is -0.505 e. The van der Waals surface area contributed by atoms with Gasteiger partial charge in [0.2, 0.25) is 0 Å². The predicted molar refractivity (Wildman–Crippen MR) is 94.0 cm³/mol. The van der Waals surface area contributed by atoms with Gasteiger partial charge in [-0.15, -0.1) is 0 Å². The second kappa shape index (κ2) is 7.31. The van der Waals surface area contributed by atoms with Crippen LogP contribution in [-0.2, 0) is 6.54 Å². The lowest BCUT2D eigenvalue weighted by atomic mass is 10.2. The molecule has 0 saturated heterocycles. The molecule has 3 aromatic rings. The molecule has 25 heavy (non-hydrogen) atoms. The Morgan fingerprint density at radius 2 is 1.88 bits per heavy atom. The quantitative estimate of drug-likeness (QED) is 0.683. The lowest BCUT2D eigenvalue weighted by molar-refractivity contribution is 0.0937. The number of aromatic hydroxyl groups is 1. The molecule has 6 nitrogen and oxygen atoms in total. The van der Waals surface area contributed by atoms with Crippen LogP contribution in [0.2, 0.25) is 15.1 Å². The van der Waals surface area contributed by atoms with E-state index in [-0.39, 0.29) is 34.1 Å². The summed E-state index contributed by atoms with van der Waals surface area (Å²) in [5, 5.41) is 16.5. The maximum Gasteiger partial charge on any atom is 0.292 e. The number of nitrogens with one attached hydrogen (secondary N) is 1. The first-order valence-electron chi connectivity index (χ1n) is 6.99. The highest BCUT2D eigenvalue weighted by Gasteiger charge is 2.17. The number of halogens is 3. The lowest BCUT2D eigenvalue weighted by Gasteiger charge is -2.03. The highest BCUT2D eigenvalue weighted by atomic mass is 35.5. The van der Waals surface area contributed by atoms with E-state index in [1.54, 1.807) is 18.2 Å². The molecule has 0 atom stereocenters. The van der Waals surface area contributed by atoms with Gasteiger partial charge in [-0.2, -0.15) is 4.98 Å². The van der Waals surface area contributed by atoms with E-state index in [2.05, 4.69) is 15.5 Å². The zero-order valence-corrected chi connectivity index (χ0v) is 14.7. The molecule has 2 N–H and O–H groups in total. The van der Waals surface area contributed by atoms with Gasteiger partial charge in [-0.3, -0.25) is 4.79 Å². The number of benzene rings is 2. The zero-order chi connectivity index (χ0) is 18.0. The van der Waals surface area contributed by atoms with E-state index in [4.69, 9.17) is 39.3 Å². The molecular formula is C16H10Cl3N3O3. The lowest BCUT2D eigenvalue weighted by Crippen LogP contribution is -2.23. The number of phenols is 1. The predicted octanol–water partition coefficient (Wildman–Crippen LogP) is 4.33. The van der Waals surface area contributed by atoms with Gasteiger partial charge in [0.1, 0.15) is 0 Å². The largest absolute Gasteiger partial charge is 0.505 e. The SMILES string of the molecule is O=C(NCc1cccc(Cl)c1)c1noc(-c2cc(Cl)c(O)c(Cl)c2)n1. The van der Waals surface area contributed by atoms with E-state index in [0.717, 1.165) is 5.56 Å². The molecule has 0 radical (unpaired) electrons. The van der Waals surface area contributed by atoms with E-state index in [9.17, 15) is 9.90 Å². The topological polar surface area (TPSA) is 88.2 Å². The van der Waals surface area contributed by atoms with Crippen LogP contribution in [0, 0.1) is 0 Å². The standard InChI is InChI=1S/C16H10Cl3N3O3/c17-10-3-1-2-8(4-10)7-20-15(24)14-21-16(25-22-14)9-5-11(18)13(23)12(19)6-9/h1-6,23H,7H2,(H,20,24). The normalized spacial score (nSPS) is 10.7. The number of carbonyl (C=O) groups excluding carboxylic acids is 1. The molecule has 1 aromatic heterocycles. The third kappa shape index (κ3) is 4.04. The Morgan fingerprint density at radius 1 is 1.16 bits per heavy atom. The van der Waals surface area contributed by atoms with Gasteiger partial charge in [-0.1, -0.05) is 52.1 Å². The number of carbonyl (C=O) groups is 1. The van der Waals surface area contributed by atoms with Crippen molar-refractivity contribution in [3.05, 3.63) is 62.9 Å². The van der Waals surface area contributed by atoms with Gasteiger partial charge in [-0.05, 0) is 29.8 Å². The zero-order valence-electron chi connectivity index (χ0n) is 12.5. The number of phenolic OH excluding ortho intramolecular Hbond substituents is 1. The van der Waals surface area contributed by atoms with Crippen LogP contribution in [0.1, 0.15) is 16.2 Å². The molecule has 0 aliphatic rings. The van der Waals surface area contributed by atoms with Crippen molar-refractivity contribution in [2.24, 2.45) is 0 Å². The van der Waals surface area contributed by atoms with Gasteiger partial charge in [0.05, 0.1) is 10.0 Å². The number of nitrogens with zero attached hydrogens (tertiary/aromatic N) is 2. The first-order valence-corrected chi connectivity index (χ1v) is 8.12. The van der Waals surface area contributed by atoms with Crippen LogP contribution >= 0.6 is 34.8 Å². The summed E-state index contributed by atoms with van der Waals surface area (Å²) < 4.78 is 5.05. The maximum atomic E-state index is 12.1. The van der Waals surface area contributed by atoms with E-state index in [0.29, 0.717) is 10.6 Å². The van der Waals surface area contributed by atoms with Crippen molar-refractivity contribution in [1.29, 1.82) is 0 Å². The summed E-state index contributed by atoms with van der Waals surface area (Å²) in [6.45, 7) is 0.264. The smallest absolute Gasteiger partial charge is 0.292 e. The van der Waals surface area contributed by atoms with Crippen molar-refractivity contribution in [2.45, 2.75) is 6.54 Å².